The minimum Gasteiger partial charge on any atom is -0.406 e. The summed E-state index contributed by atoms with van der Waals surface area (Å²) >= 11 is 1.64. The normalized spacial score (nSPS) is 16.4. The van der Waals surface area contributed by atoms with Gasteiger partial charge in [0.2, 0.25) is 11.9 Å². The summed E-state index contributed by atoms with van der Waals surface area (Å²) in [5.41, 5.74) is 4.57. The van der Waals surface area contributed by atoms with E-state index >= 15 is 0 Å². The average Bonchev–Trinajstić information content (AvgIpc) is 3.84. The molecule has 0 spiro atoms. The first-order chi connectivity index (χ1) is 23.6. The quantitative estimate of drug-likeness (QED) is 0.188. The Morgan fingerprint density at radius 2 is 1.76 bits per heavy atom. The standard InChI is InChI=1S/C22H19F3N4O3.C13H18N2OS/c1-2-3-15-4-6-16(7-5-15)20-27-21(26-14-19-30-12-13-31-19)29(28-20)17-8-10-18(11-9-17)32-22(23,24)25;1-9(2)10-6-4-5-7-11(10)15-12(16)8-17-13(15)14-3/h1,4-11,19H,3,12-14H2,(H,26,27,28);4-7,9,13-14H,8H2,1-3H3. The molecule has 1 atom stereocenters. The van der Waals surface area contributed by atoms with Crippen molar-refractivity contribution in [2.45, 2.75) is 44.3 Å². The number of hydrogen-bond acceptors (Lipinski definition) is 9. The molecule has 1 aromatic heterocycles. The Hall–Kier alpha value is -4.55. The lowest BCUT2D eigenvalue weighted by Gasteiger charge is -2.26. The number of ether oxygens (including phenoxy) is 3. The van der Waals surface area contributed by atoms with Crippen LogP contribution in [0.5, 0.6) is 5.75 Å². The molecule has 0 radical (unpaired) electrons. The van der Waals surface area contributed by atoms with Crippen molar-refractivity contribution in [2.75, 3.05) is 42.8 Å². The van der Waals surface area contributed by atoms with Crippen LogP contribution < -0.4 is 20.3 Å². The SMILES string of the molecule is C#CCc1ccc(-c2nc(NCC3OCCO3)n(-c3ccc(OC(F)(F)F)cc3)n2)cc1.CNC1SCC(=O)N1c1ccccc1C(C)C. The molecule has 2 N–H and O–H groups in total. The monoisotopic (exact) mass is 694 g/mol. The van der Waals surface area contributed by atoms with Gasteiger partial charge in [-0.15, -0.1) is 42.4 Å². The highest BCUT2D eigenvalue weighted by atomic mass is 32.2. The fourth-order valence-electron chi connectivity index (χ4n) is 5.20. The van der Waals surface area contributed by atoms with Crippen molar-refractivity contribution >= 4 is 29.3 Å². The number of anilines is 2. The lowest BCUT2D eigenvalue weighted by molar-refractivity contribution is -0.274. The number of nitrogens with one attached hydrogen (secondary N) is 2. The molecule has 2 aliphatic heterocycles. The minimum atomic E-state index is -4.76. The second-order valence-corrected chi connectivity index (χ2v) is 12.3. The van der Waals surface area contributed by atoms with Crippen molar-refractivity contribution < 1.29 is 32.2 Å². The maximum atomic E-state index is 12.5. The topological polar surface area (TPSA) is 103 Å². The third kappa shape index (κ3) is 9.33. The van der Waals surface area contributed by atoms with Gasteiger partial charge in [-0.2, -0.15) is 9.67 Å². The molecule has 2 saturated heterocycles. The van der Waals surface area contributed by atoms with Gasteiger partial charge >= 0.3 is 6.36 Å². The Morgan fingerprint density at radius 1 is 1.06 bits per heavy atom. The number of alkyl halides is 3. The molecule has 0 bridgehead atoms. The van der Waals surface area contributed by atoms with E-state index < -0.39 is 12.7 Å². The van der Waals surface area contributed by atoms with Crippen LogP contribution in [0.4, 0.5) is 24.8 Å². The molecular weight excluding hydrogens is 657 g/mol. The molecule has 3 heterocycles. The fourth-order valence-corrected chi connectivity index (χ4v) is 6.19. The number of thioether (sulfide) groups is 1. The van der Waals surface area contributed by atoms with Crippen LogP contribution >= 0.6 is 11.8 Å². The van der Waals surface area contributed by atoms with E-state index in [1.807, 2.05) is 54.4 Å². The summed E-state index contributed by atoms with van der Waals surface area (Å²) in [6.07, 6.45) is 0.681. The van der Waals surface area contributed by atoms with Crippen LogP contribution in [0.25, 0.3) is 17.1 Å². The molecule has 258 valence electrons. The summed E-state index contributed by atoms with van der Waals surface area (Å²) < 4.78 is 53.6. The van der Waals surface area contributed by atoms with Gasteiger partial charge in [-0.1, -0.05) is 56.3 Å². The van der Waals surface area contributed by atoms with Crippen molar-refractivity contribution in [3.8, 4) is 35.2 Å². The summed E-state index contributed by atoms with van der Waals surface area (Å²) in [5.74, 6) is 4.24. The van der Waals surface area contributed by atoms with E-state index in [1.165, 1.54) is 34.5 Å². The highest BCUT2D eigenvalue weighted by molar-refractivity contribution is 8.01. The number of aromatic nitrogens is 3. The molecular formula is C35H37F3N6O4S. The number of hydrogen-bond donors (Lipinski definition) is 2. The number of benzene rings is 3. The van der Waals surface area contributed by atoms with Crippen molar-refractivity contribution in [3.63, 3.8) is 0 Å². The third-order valence-corrected chi connectivity index (χ3v) is 8.67. The lowest BCUT2D eigenvalue weighted by atomic mass is 10.0. The third-order valence-electron chi connectivity index (χ3n) is 7.49. The smallest absolute Gasteiger partial charge is 0.406 e. The van der Waals surface area contributed by atoms with E-state index in [0.29, 0.717) is 55.3 Å². The van der Waals surface area contributed by atoms with Gasteiger partial charge in [0.25, 0.3) is 0 Å². The van der Waals surface area contributed by atoms with Crippen LogP contribution in [-0.2, 0) is 20.7 Å². The van der Waals surface area contributed by atoms with E-state index in [0.717, 1.165) is 16.8 Å². The van der Waals surface area contributed by atoms with E-state index in [2.05, 4.69) is 51.3 Å². The van der Waals surface area contributed by atoms with Crippen molar-refractivity contribution in [1.82, 2.24) is 20.1 Å². The zero-order valence-corrected chi connectivity index (χ0v) is 28.1. The van der Waals surface area contributed by atoms with Gasteiger partial charge in [0.05, 0.1) is 31.2 Å². The van der Waals surface area contributed by atoms with Crippen molar-refractivity contribution in [3.05, 3.63) is 83.9 Å². The maximum absolute atomic E-state index is 12.5. The predicted molar refractivity (Wildman–Crippen MR) is 184 cm³/mol. The number of para-hydroxylation sites is 1. The van der Waals surface area contributed by atoms with E-state index in [-0.39, 0.29) is 17.2 Å². The Morgan fingerprint density at radius 3 is 2.39 bits per heavy atom. The highest BCUT2D eigenvalue weighted by Gasteiger charge is 2.33. The van der Waals surface area contributed by atoms with Crippen LogP contribution in [0.3, 0.4) is 0 Å². The van der Waals surface area contributed by atoms with Crippen LogP contribution in [0.15, 0.2) is 72.8 Å². The Balaban J connectivity index is 0.000000232. The molecule has 0 aliphatic carbocycles. The van der Waals surface area contributed by atoms with Gasteiger partial charge in [0, 0.05) is 17.7 Å². The minimum absolute atomic E-state index is 0.0578. The second kappa shape index (κ2) is 16.2. The number of carbonyl (C=O) groups excluding carboxylic acids is 1. The molecule has 1 unspecified atom stereocenters. The highest BCUT2D eigenvalue weighted by Crippen LogP contribution is 2.34. The molecule has 2 aliphatic rings. The Labute approximate surface area is 287 Å². The van der Waals surface area contributed by atoms with Gasteiger partial charge in [-0.25, -0.2) is 0 Å². The lowest BCUT2D eigenvalue weighted by Crippen LogP contribution is -2.40. The maximum Gasteiger partial charge on any atom is 0.573 e. The molecule has 49 heavy (non-hydrogen) atoms. The summed E-state index contributed by atoms with van der Waals surface area (Å²) in [6.45, 7) is 5.65. The van der Waals surface area contributed by atoms with Gasteiger partial charge in [0.15, 0.2) is 12.1 Å². The van der Waals surface area contributed by atoms with E-state index in [1.54, 1.807) is 11.8 Å². The van der Waals surface area contributed by atoms with Crippen LogP contribution in [-0.4, -0.2) is 71.4 Å². The average molecular weight is 695 g/mol. The van der Waals surface area contributed by atoms with E-state index in [4.69, 9.17) is 15.9 Å². The van der Waals surface area contributed by atoms with Crippen LogP contribution in [0.1, 0.15) is 30.9 Å². The first kappa shape index (κ1) is 35.7. The number of rotatable bonds is 10. The zero-order valence-electron chi connectivity index (χ0n) is 27.2. The molecule has 2 fully saturated rings. The largest absolute Gasteiger partial charge is 0.573 e. The molecule has 3 aromatic carbocycles. The molecule has 6 rings (SSSR count). The number of terminal acetylenes is 1. The Bertz CT molecular complexity index is 1740. The molecule has 14 heteroatoms. The molecule has 0 saturated carbocycles. The summed E-state index contributed by atoms with van der Waals surface area (Å²) in [5, 5.41) is 10.8. The first-order valence-corrected chi connectivity index (χ1v) is 16.6. The van der Waals surface area contributed by atoms with E-state index in [9.17, 15) is 18.0 Å². The molecule has 4 aromatic rings. The van der Waals surface area contributed by atoms with Crippen molar-refractivity contribution in [1.29, 1.82) is 0 Å². The fraction of sp³-hybridized carbons (Fsp3) is 0.343. The van der Waals surface area contributed by atoms with Crippen molar-refractivity contribution in [2.24, 2.45) is 0 Å². The van der Waals surface area contributed by atoms with Gasteiger partial charge in [0.1, 0.15) is 11.2 Å². The summed E-state index contributed by atoms with van der Waals surface area (Å²) in [6, 6.07) is 21.0. The zero-order chi connectivity index (χ0) is 35.0. The Kier molecular flexibility index (Phi) is 11.8. The number of amides is 1. The summed E-state index contributed by atoms with van der Waals surface area (Å²) in [7, 11) is 1.89. The second-order valence-electron chi connectivity index (χ2n) is 11.3. The van der Waals surface area contributed by atoms with Gasteiger partial charge in [-0.3, -0.25) is 15.0 Å². The molecule has 10 nitrogen and oxygen atoms in total. The van der Waals surface area contributed by atoms with Gasteiger partial charge in [-0.05, 0) is 54.4 Å². The van der Waals surface area contributed by atoms with Gasteiger partial charge < -0.3 is 19.5 Å². The first-order valence-electron chi connectivity index (χ1n) is 15.6. The predicted octanol–water partition coefficient (Wildman–Crippen LogP) is 6.19. The summed E-state index contributed by atoms with van der Waals surface area (Å²) in [4.78, 5) is 18.4. The molecule has 1 amide bonds. The number of carbonyl (C=O) groups is 1. The van der Waals surface area contributed by atoms with Crippen LogP contribution in [0, 0.1) is 12.3 Å². The number of halogens is 3. The number of nitrogens with zero attached hydrogens (tertiary/aromatic N) is 4. The van der Waals surface area contributed by atoms with Crippen LogP contribution in [0.2, 0.25) is 0 Å².